The Morgan fingerprint density at radius 2 is 1.92 bits per heavy atom. The first-order valence-corrected chi connectivity index (χ1v) is 9.57. The average Bonchev–Trinajstić information content (AvgIpc) is 3.36. The third kappa shape index (κ3) is 6.02. The van der Waals surface area contributed by atoms with E-state index in [2.05, 4.69) is 10.0 Å². The van der Waals surface area contributed by atoms with Crippen LogP contribution in [0.3, 0.4) is 0 Å². The fourth-order valence-corrected chi connectivity index (χ4v) is 3.36. The topological polar surface area (TPSA) is 122 Å². The maximum atomic E-state index is 12.2. The van der Waals surface area contributed by atoms with Crippen molar-refractivity contribution in [2.45, 2.75) is 49.6 Å². The summed E-state index contributed by atoms with van der Waals surface area (Å²) in [7, 11) is -3.95. The molecular formula is C16H22N2O6S. The molecule has 0 heterocycles. The van der Waals surface area contributed by atoms with Crippen LogP contribution >= 0.6 is 0 Å². The number of carbonyl (C=O) groups excluding carboxylic acids is 1. The number of aliphatic carboxylic acids is 1. The number of carbonyl (C=O) groups is 2. The van der Waals surface area contributed by atoms with Gasteiger partial charge >= 0.3 is 5.97 Å². The van der Waals surface area contributed by atoms with E-state index < -0.39 is 22.0 Å². The average molecular weight is 370 g/mol. The van der Waals surface area contributed by atoms with Crippen molar-refractivity contribution in [2.75, 3.05) is 6.61 Å². The zero-order valence-corrected chi connectivity index (χ0v) is 14.7. The largest absolute Gasteiger partial charge is 0.484 e. The Morgan fingerprint density at radius 1 is 1.28 bits per heavy atom. The summed E-state index contributed by atoms with van der Waals surface area (Å²) in [6.45, 7) is 1.63. The van der Waals surface area contributed by atoms with Crippen LogP contribution in [0.1, 0.15) is 32.6 Å². The second-order valence-electron chi connectivity index (χ2n) is 5.90. The molecule has 0 saturated heterocycles. The van der Waals surface area contributed by atoms with Crippen molar-refractivity contribution in [3.63, 3.8) is 0 Å². The minimum Gasteiger partial charge on any atom is -0.484 e. The van der Waals surface area contributed by atoms with E-state index in [9.17, 15) is 18.0 Å². The van der Waals surface area contributed by atoms with Gasteiger partial charge in [-0.2, -0.15) is 4.72 Å². The second kappa shape index (κ2) is 8.30. The first-order chi connectivity index (χ1) is 11.8. The smallest absolute Gasteiger partial charge is 0.321 e. The predicted octanol–water partition coefficient (Wildman–Crippen LogP) is 0.876. The lowest BCUT2D eigenvalue weighted by Gasteiger charge is -2.14. The Morgan fingerprint density at radius 3 is 2.44 bits per heavy atom. The van der Waals surface area contributed by atoms with Crippen molar-refractivity contribution in [1.82, 2.24) is 10.0 Å². The molecule has 1 aliphatic rings. The molecule has 1 atom stereocenters. The van der Waals surface area contributed by atoms with Crippen LogP contribution in [0.15, 0.2) is 29.2 Å². The number of rotatable bonds is 10. The number of sulfonamides is 1. The number of benzene rings is 1. The summed E-state index contributed by atoms with van der Waals surface area (Å²) in [6.07, 6.45) is 2.71. The van der Waals surface area contributed by atoms with Gasteiger partial charge in [-0.15, -0.1) is 0 Å². The maximum Gasteiger partial charge on any atom is 0.321 e. The van der Waals surface area contributed by atoms with Crippen LogP contribution in [0.25, 0.3) is 0 Å². The predicted molar refractivity (Wildman–Crippen MR) is 89.8 cm³/mol. The number of hydrogen-bond acceptors (Lipinski definition) is 5. The molecule has 1 fully saturated rings. The van der Waals surface area contributed by atoms with Crippen LogP contribution in [-0.4, -0.2) is 44.1 Å². The van der Waals surface area contributed by atoms with E-state index in [-0.39, 0.29) is 29.9 Å². The molecule has 0 aliphatic heterocycles. The number of ether oxygens (including phenoxy) is 1. The molecule has 2 rings (SSSR count). The molecule has 1 saturated carbocycles. The van der Waals surface area contributed by atoms with Gasteiger partial charge in [0.2, 0.25) is 10.0 Å². The molecular weight excluding hydrogens is 348 g/mol. The Balaban J connectivity index is 1.94. The van der Waals surface area contributed by atoms with Crippen molar-refractivity contribution >= 4 is 21.9 Å². The summed E-state index contributed by atoms with van der Waals surface area (Å²) >= 11 is 0. The quantitative estimate of drug-likeness (QED) is 0.562. The van der Waals surface area contributed by atoms with Crippen molar-refractivity contribution in [3.05, 3.63) is 24.3 Å². The number of amides is 1. The van der Waals surface area contributed by atoms with Crippen LogP contribution in [0, 0.1) is 0 Å². The van der Waals surface area contributed by atoms with Crippen LogP contribution in [0.2, 0.25) is 0 Å². The second-order valence-corrected chi connectivity index (χ2v) is 7.62. The molecule has 1 aliphatic carbocycles. The van der Waals surface area contributed by atoms with E-state index >= 15 is 0 Å². The molecule has 1 unspecified atom stereocenters. The van der Waals surface area contributed by atoms with E-state index in [0.29, 0.717) is 12.2 Å². The molecule has 1 aromatic rings. The monoisotopic (exact) mass is 370 g/mol. The van der Waals surface area contributed by atoms with Gasteiger partial charge < -0.3 is 15.2 Å². The number of nitrogens with one attached hydrogen (secondary N) is 2. The third-order valence-electron chi connectivity index (χ3n) is 3.62. The number of carboxylic acids is 1. The molecule has 25 heavy (non-hydrogen) atoms. The Kier molecular flexibility index (Phi) is 6.38. The highest BCUT2D eigenvalue weighted by Crippen LogP contribution is 2.19. The van der Waals surface area contributed by atoms with E-state index in [1.54, 1.807) is 6.92 Å². The van der Waals surface area contributed by atoms with E-state index in [1.165, 1.54) is 24.3 Å². The normalized spacial score (nSPS) is 15.4. The zero-order valence-electron chi connectivity index (χ0n) is 13.9. The van der Waals surface area contributed by atoms with E-state index in [4.69, 9.17) is 9.84 Å². The summed E-state index contributed by atoms with van der Waals surface area (Å²) in [5.74, 6) is -1.08. The van der Waals surface area contributed by atoms with Crippen molar-refractivity contribution < 1.29 is 27.9 Å². The van der Waals surface area contributed by atoms with Crippen molar-refractivity contribution in [2.24, 2.45) is 0 Å². The zero-order chi connectivity index (χ0) is 18.4. The molecule has 8 nitrogen and oxygen atoms in total. The van der Waals surface area contributed by atoms with Crippen LogP contribution in [-0.2, 0) is 19.6 Å². The Labute approximate surface area is 146 Å². The minimum atomic E-state index is -3.95. The fourth-order valence-electron chi connectivity index (χ4n) is 2.14. The minimum absolute atomic E-state index is 0.0652. The SMILES string of the molecule is CCCC(NS(=O)(=O)c1ccc(OCC(=O)NC2CC2)cc1)C(=O)O. The standard InChI is InChI=1S/C16H22N2O6S/c1-2-3-14(16(20)21)18-25(22,23)13-8-6-12(7-9-13)24-10-15(19)17-11-4-5-11/h6-9,11,14,18H,2-5,10H2,1H3,(H,17,19)(H,20,21). The maximum absolute atomic E-state index is 12.2. The summed E-state index contributed by atoms with van der Waals surface area (Å²) in [6, 6.07) is 4.54. The van der Waals surface area contributed by atoms with Crippen molar-refractivity contribution in [3.8, 4) is 5.75 Å². The third-order valence-corrected chi connectivity index (χ3v) is 5.11. The highest BCUT2D eigenvalue weighted by Gasteiger charge is 2.25. The van der Waals surface area contributed by atoms with Gasteiger partial charge in [0.1, 0.15) is 11.8 Å². The molecule has 0 radical (unpaired) electrons. The van der Waals surface area contributed by atoms with Gasteiger partial charge in [0.05, 0.1) is 4.90 Å². The van der Waals surface area contributed by atoms with Gasteiger partial charge in [-0.25, -0.2) is 8.42 Å². The van der Waals surface area contributed by atoms with Crippen LogP contribution < -0.4 is 14.8 Å². The lowest BCUT2D eigenvalue weighted by Crippen LogP contribution is -2.40. The van der Waals surface area contributed by atoms with E-state index in [1.807, 2.05) is 0 Å². The number of carboxylic acid groups (broad SMARTS) is 1. The van der Waals surface area contributed by atoms with Gasteiger partial charge in [0.15, 0.2) is 6.61 Å². The van der Waals surface area contributed by atoms with Gasteiger partial charge in [-0.05, 0) is 43.5 Å². The first kappa shape index (κ1) is 19.2. The summed E-state index contributed by atoms with van der Waals surface area (Å²) in [5, 5.41) is 11.8. The molecule has 1 aromatic carbocycles. The molecule has 9 heteroatoms. The molecule has 0 bridgehead atoms. The van der Waals surface area contributed by atoms with Gasteiger partial charge in [0.25, 0.3) is 5.91 Å². The molecule has 1 amide bonds. The Hall–Kier alpha value is -2.13. The highest BCUT2D eigenvalue weighted by atomic mass is 32.2. The van der Waals surface area contributed by atoms with Crippen molar-refractivity contribution in [1.29, 1.82) is 0 Å². The summed E-state index contributed by atoms with van der Waals surface area (Å²) in [5.41, 5.74) is 0. The first-order valence-electron chi connectivity index (χ1n) is 8.09. The highest BCUT2D eigenvalue weighted by molar-refractivity contribution is 7.89. The number of hydrogen-bond donors (Lipinski definition) is 3. The molecule has 3 N–H and O–H groups in total. The van der Waals surface area contributed by atoms with Gasteiger partial charge in [0, 0.05) is 6.04 Å². The lowest BCUT2D eigenvalue weighted by molar-refractivity contribution is -0.139. The van der Waals surface area contributed by atoms with Crippen LogP contribution in [0.4, 0.5) is 0 Å². The fraction of sp³-hybridized carbons (Fsp3) is 0.500. The van der Waals surface area contributed by atoms with E-state index in [0.717, 1.165) is 12.8 Å². The van der Waals surface area contributed by atoms with Gasteiger partial charge in [-0.3, -0.25) is 9.59 Å². The molecule has 0 aromatic heterocycles. The van der Waals surface area contributed by atoms with Crippen LogP contribution in [0.5, 0.6) is 5.75 Å². The molecule has 0 spiro atoms. The molecule has 138 valence electrons. The summed E-state index contributed by atoms with van der Waals surface area (Å²) < 4.78 is 32.0. The van der Waals surface area contributed by atoms with Gasteiger partial charge in [-0.1, -0.05) is 13.3 Å². The lowest BCUT2D eigenvalue weighted by atomic mass is 10.2. The summed E-state index contributed by atoms with van der Waals surface area (Å²) in [4.78, 5) is 22.6. The Bertz CT molecular complexity index is 713.